The second-order valence-electron chi connectivity index (χ2n) is 5.56. The molecule has 1 N–H and O–H groups in total. The van der Waals surface area contributed by atoms with Crippen LogP contribution in [0.5, 0.6) is 0 Å². The Bertz CT molecular complexity index is 500. The van der Waals surface area contributed by atoms with Crippen LogP contribution in [0.2, 0.25) is 0 Å². The summed E-state index contributed by atoms with van der Waals surface area (Å²) in [7, 11) is 0. The number of anilines is 1. The van der Waals surface area contributed by atoms with E-state index in [-0.39, 0.29) is 10.6 Å². The lowest BCUT2D eigenvalue weighted by Crippen LogP contribution is -2.30. The highest BCUT2D eigenvalue weighted by Gasteiger charge is 2.14. The molecule has 0 aromatic heterocycles. The van der Waals surface area contributed by atoms with Crippen molar-refractivity contribution in [2.75, 3.05) is 31.5 Å². The van der Waals surface area contributed by atoms with Gasteiger partial charge in [0.05, 0.1) is 4.92 Å². The largest absolute Gasteiger partial charge is 0.383 e. The lowest BCUT2D eigenvalue weighted by Gasteiger charge is -2.20. The molecule has 0 unspecified atom stereocenters. The molecule has 0 spiro atoms. The van der Waals surface area contributed by atoms with Crippen LogP contribution in [0.15, 0.2) is 16.6 Å². The Labute approximate surface area is 134 Å². The molecule has 5 nitrogen and oxygen atoms in total. The summed E-state index contributed by atoms with van der Waals surface area (Å²) >= 11 is 3.41. The first-order chi connectivity index (χ1) is 10.1. The number of likely N-dealkylation sites (tertiary alicyclic amines) is 1. The van der Waals surface area contributed by atoms with Crippen LogP contribution in [0, 0.1) is 17.0 Å². The molecule has 2 rings (SSSR count). The Kier molecular flexibility index (Phi) is 5.99. The maximum Gasteiger partial charge on any atom is 0.273 e. The van der Waals surface area contributed by atoms with Gasteiger partial charge in [0.2, 0.25) is 0 Å². The van der Waals surface area contributed by atoms with Gasteiger partial charge in [-0.15, -0.1) is 0 Å². The van der Waals surface area contributed by atoms with Crippen LogP contribution in [0.25, 0.3) is 0 Å². The minimum Gasteiger partial charge on any atom is -0.383 e. The van der Waals surface area contributed by atoms with Gasteiger partial charge in [-0.3, -0.25) is 10.1 Å². The summed E-state index contributed by atoms with van der Waals surface area (Å²) in [6.45, 7) is 6.01. The molecule has 1 aromatic carbocycles. The molecule has 0 radical (unpaired) electrons. The van der Waals surface area contributed by atoms with Crippen LogP contribution in [0.4, 0.5) is 11.4 Å². The third kappa shape index (κ3) is 4.68. The van der Waals surface area contributed by atoms with Gasteiger partial charge in [-0.25, -0.2) is 0 Å². The van der Waals surface area contributed by atoms with Crippen molar-refractivity contribution in [2.24, 2.45) is 0 Å². The van der Waals surface area contributed by atoms with Gasteiger partial charge in [0.25, 0.3) is 5.69 Å². The molecule has 1 saturated heterocycles. The summed E-state index contributed by atoms with van der Waals surface area (Å²) in [6, 6.07) is 3.41. The maximum absolute atomic E-state index is 10.9. The van der Waals surface area contributed by atoms with Crippen LogP contribution in [0.3, 0.4) is 0 Å². The van der Waals surface area contributed by atoms with E-state index >= 15 is 0 Å². The molecule has 21 heavy (non-hydrogen) atoms. The number of hydrogen-bond donors (Lipinski definition) is 1. The number of hydrogen-bond acceptors (Lipinski definition) is 4. The number of rotatable bonds is 5. The van der Waals surface area contributed by atoms with Crippen molar-refractivity contribution in [2.45, 2.75) is 32.6 Å². The van der Waals surface area contributed by atoms with E-state index in [0.29, 0.717) is 5.56 Å². The minimum atomic E-state index is -0.346. The lowest BCUT2D eigenvalue weighted by atomic mass is 10.2. The molecule has 0 atom stereocenters. The average Bonchev–Trinajstić information content (AvgIpc) is 2.70. The number of nitro groups is 1. The lowest BCUT2D eigenvalue weighted by molar-refractivity contribution is -0.385. The van der Waals surface area contributed by atoms with Crippen molar-refractivity contribution in [3.05, 3.63) is 32.3 Å². The number of aryl methyl sites for hydroxylation is 1. The highest BCUT2D eigenvalue weighted by molar-refractivity contribution is 9.10. The van der Waals surface area contributed by atoms with Crippen molar-refractivity contribution >= 4 is 27.3 Å². The Morgan fingerprint density at radius 3 is 2.57 bits per heavy atom. The summed E-state index contributed by atoms with van der Waals surface area (Å²) in [4.78, 5) is 13.0. The van der Waals surface area contributed by atoms with E-state index < -0.39 is 0 Å². The normalized spacial score (nSPS) is 16.5. The molecule has 1 heterocycles. The fraction of sp³-hybridized carbons (Fsp3) is 0.600. The molecule has 0 saturated carbocycles. The van der Waals surface area contributed by atoms with Gasteiger partial charge in [-0.05, 0) is 54.9 Å². The predicted octanol–water partition coefficient (Wildman–Crippen LogP) is 3.95. The number of halogens is 1. The van der Waals surface area contributed by atoms with E-state index in [1.165, 1.54) is 38.8 Å². The van der Waals surface area contributed by atoms with Crippen molar-refractivity contribution in [1.82, 2.24) is 4.90 Å². The molecule has 0 bridgehead atoms. The molecular weight excluding hydrogens is 334 g/mol. The zero-order valence-electron chi connectivity index (χ0n) is 12.4. The van der Waals surface area contributed by atoms with Crippen molar-refractivity contribution in [1.29, 1.82) is 0 Å². The molecule has 1 aromatic rings. The van der Waals surface area contributed by atoms with Crippen LogP contribution in [0.1, 0.15) is 31.2 Å². The number of benzene rings is 1. The Morgan fingerprint density at radius 2 is 1.95 bits per heavy atom. The van der Waals surface area contributed by atoms with Gasteiger partial charge in [0.15, 0.2) is 0 Å². The first-order valence-electron chi connectivity index (χ1n) is 7.48. The molecular formula is C15H22BrN3O2. The average molecular weight is 356 g/mol. The summed E-state index contributed by atoms with van der Waals surface area (Å²) in [5.74, 6) is 0. The Hall–Kier alpha value is -1.14. The highest BCUT2D eigenvalue weighted by atomic mass is 79.9. The molecule has 116 valence electrons. The minimum absolute atomic E-state index is 0.153. The van der Waals surface area contributed by atoms with Gasteiger partial charge >= 0.3 is 0 Å². The zero-order valence-corrected chi connectivity index (χ0v) is 14.0. The number of nitro benzene ring substituents is 1. The van der Waals surface area contributed by atoms with Crippen LogP contribution >= 0.6 is 15.9 Å². The highest BCUT2D eigenvalue weighted by Crippen LogP contribution is 2.30. The maximum atomic E-state index is 10.9. The fourth-order valence-electron chi connectivity index (χ4n) is 2.71. The smallest absolute Gasteiger partial charge is 0.273 e. The Balaban J connectivity index is 1.91. The SMILES string of the molecule is Cc1cc(NCCN2CCCCCC2)c(Br)cc1[N+](=O)[O-]. The van der Waals surface area contributed by atoms with E-state index in [4.69, 9.17) is 0 Å². The van der Waals surface area contributed by atoms with E-state index in [0.717, 1.165) is 23.2 Å². The molecule has 1 fully saturated rings. The van der Waals surface area contributed by atoms with Crippen LogP contribution in [-0.2, 0) is 0 Å². The molecule has 0 amide bonds. The standard InChI is InChI=1S/C15H22BrN3O2/c1-12-10-14(13(16)11-15(12)19(20)21)17-6-9-18-7-4-2-3-5-8-18/h10-11,17H,2-9H2,1H3. The van der Waals surface area contributed by atoms with Gasteiger partial charge in [0, 0.05) is 34.9 Å². The summed E-state index contributed by atoms with van der Waals surface area (Å²) in [5.41, 5.74) is 1.76. The Morgan fingerprint density at radius 1 is 1.29 bits per heavy atom. The van der Waals surface area contributed by atoms with E-state index in [1.807, 2.05) is 6.07 Å². The van der Waals surface area contributed by atoms with Gasteiger partial charge in [-0.1, -0.05) is 12.8 Å². The zero-order chi connectivity index (χ0) is 15.2. The second kappa shape index (κ2) is 7.75. The van der Waals surface area contributed by atoms with Gasteiger partial charge in [0.1, 0.15) is 0 Å². The van der Waals surface area contributed by atoms with Crippen molar-refractivity contribution in [3.8, 4) is 0 Å². The predicted molar refractivity (Wildman–Crippen MR) is 88.9 cm³/mol. The fourth-order valence-corrected chi connectivity index (χ4v) is 3.18. The molecule has 6 heteroatoms. The second-order valence-corrected chi connectivity index (χ2v) is 6.41. The van der Waals surface area contributed by atoms with Crippen molar-refractivity contribution < 1.29 is 4.92 Å². The molecule has 1 aliphatic rings. The first kappa shape index (κ1) is 16.2. The van der Waals surface area contributed by atoms with Crippen LogP contribution < -0.4 is 5.32 Å². The van der Waals surface area contributed by atoms with E-state index in [2.05, 4.69) is 26.1 Å². The summed E-state index contributed by atoms with van der Waals surface area (Å²) in [5, 5.41) is 14.3. The number of nitrogens with one attached hydrogen (secondary N) is 1. The van der Waals surface area contributed by atoms with Crippen molar-refractivity contribution in [3.63, 3.8) is 0 Å². The van der Waals surface area contributed by atoms with Gasteiger partial charge < -0.3 is 10.2 Å². The molecule has 1 aliphatic heterocycles. The topological polar surface area (TPSA) is 58.4 Å². The monoisotopic (exact) mass is 355 g/mol. The van der Waals surface area contributed by atoms with E-state index in [9.17, 15) is 10.1 Å². The molecule has 0 aliphatic carbocycles. The third-order valence-corrected chi connectivity index (χ3v) is 4.58. The van der Waals surface area contributed by atoms with E-state index in [1.54, 1.807) is 13.0 Å². The quantitative estimate of drug-likeness (QED) is 0.641. The third-order valence-electron chi connectivity index (χ3n) is 3.92. The van der Waals surface area contributed by atoms with Crippen LogP contribution in [-0.4, -0.2) is 36.0 Å². The first-order valence-corrected chi connectivity index (χ1v) is 8.28. The summed E-state index contributed by atoms with van der Waals surface area (Å²) in [6.07, 6.45) is 5.27. The number of nitrogens with zero attached hydrogens (tertiary/aromatic N) is 2. The van der Waals surface area contributed by atoms with Gasteiger partial charge in [-0.2, -0.15) is 0 Å². The summed E-state index contributed by atoms with van der Waals surface area (Å²) < 4.78 is 0.746.